The van der Waals surface area contributed by atoms with E-state index in [1.54, 1.807) is 36.4 Å². The molecule has 24 heavy (non-hydrogen) atoms. The average molecular weight is 344 g/mol. The summed E-state index contributed by atoms with van der Waals surface area (Å²) in [6.07, 6.45) is 1.25. The number of aliphatic carboxylic acids is 1. The van der Waals surface area contributed by atoms with Crippen LogP contribution in [0.5, 0.6) is 11.5 Å². The molecule has 2 aromatic carbocycles. The molecule has 0 fully saturated rings. The third kappa shape index (κ3) is 4.28. The largest absolute Gasteiger partial charge is 0.493 e. The van der Waals surface area contributed by atoms with E-state index in [1.165, 1.54) is 13.2 Å². The lowest BCUT2D eigenvalue weighted by molar-refractivity contribution is -0.132. The normalized spacial score (nSPS) is 10.8. The van der Waals surface area contributed by atoms with Crippen LogP contribution in [-0.4, -0.2) is 18.2 Å². The lowest BCUT2D eigenvalue weighted by Crippen LogP contribution is -2.01. The number of hydrogen-bond donors (Lipinski definition) is 1. The summed E-state index contributed by atoms with van der Waals surface area (Å²) in [6.45, 7) is 0.219. The number of nitriles is 1. The first-order chi connectivity index (χ1) is 11.5. The molecule has 2 aromatic rings. The van der Waals surface area contributed by atoms with Gasteiger partial charge < -0.3 is 14.6 Å². The third-order valence-electron chi connectivity index (χ3n) is 3.15. The Bertz CT molecular complexity index is 824. The average Bonchev–Trinajstić information content (AvgIpc) is 2.57. The molecule has 0 saturated carbocycles. The lowest BCUT2D eigenvalue weighted by Gasteiger charge is -2.13. The minimum atomic E-state index is -1.30. The summed E-state index contributed by atoms with van der Waals surface area (Å²) in [5, 5.41) is 18.5. The van der Waals surface area contributed by atoms with Crippen molar-refractivity contribution in [3.63, 3.8) is 0 Å². The monoisotopic (exact) mass is 343 g/mol. The molecule has 5 nitrogen and oxygen atoms in total. The Morgan fingerprint density at radius 3 is 2.71 bits per heavy atom. The molecular weight excluding hydrogens is 330 g/mol. The molecule has 6 heteroatoms. The van der Waals surface area contributed by atoms with Crippen molar-refractivity contribution in [2.75, 3.05) is 7.11 Å². The predicted octanol–water partition coefficient (Wildman–Crippen LogP) is 3.92. The van der Waals surface area contributed by atoms with Gasteiger partial charge in [0.25, 0.3) is 0 Å². The fourth-order valence-corrected chi connectivity index (χ4v) is 2.25. The zero-order valence-electron chi connectivity index (χ0n) is 12.8. The van der Waals surface area contributed by atoms with Gasteiger partial charge in [-0.05, 0) is 29.8 Å². The number of nitrogens with zero attached hydrogens (tertiary/aromatic N) is 1. The number of rotatable bonds is 6. The third-order valence-corrected chi connectivity index (χ3v) is 3.39. The molecule has 2 rings (SSSR count). The Morgan fingerprint density at radius 2 is 2.08 bits per heavy atom. The number of ether oxygens (including phenoxy) is 2. The molecule has 0 atom stereocenters. The minimum absolute atomic E-state index is 0.219. The van der Waals surface area contributed by atoms with Gasteiger partial charge in [0.15, 0.2) is 11.5 Å². The van der Waals surface area contributed by atoms with Crippen LogP contribution in [0, 0.1) is 11.3 Å². The number of hydrogen-bond acceptors (Lipinski definition) is 4. The Kier molecular flexibility index (Phi) is 5.83. The molecule has 0 unspecified atom stereocenters. The summed E-state index contributed by atoms with van der Waals surface area (Å²) in [6, 6.07) is 13.9. The quantitative estimate of drug-likeness (QED) is 0.635. The molecule has 0 bridgehead atoms. The molecule has 0 aliphatic rings. The number of benzene rings is 2. The zero-order valence-corrected chi connectivity index (χ0v) is 13.6. The first kappa shape index (κ1) is 17.4. The first-order valence-electron chi connectivity index (χ1n) is 6.94. The van der Waals surface area contributed by atoms with Crippen LogP contribution >= 0.6 is 11.6 Å². The lowest BCUT2D eigenvalue weighted by atomic mass is 10.1. The molecule has 0 aliphatic carbocycles. The standard InChI is InChI=1S/C18H14ClNO4/c1-23-16-7-3-5-13(9-14(10-20)18(21)22)17(16)24-11-12-4-2-6-15(19)8-12/h2-9H,11H2,1H3,(H,21,22). The summed E-state index contributed by atoms with van der Waals surface area (Å²) in [5.41, 5.74) is 0.897. The molecule has 1 N–H and O–H groups in total. The van der Waals surface area contributed by atoms with Gasteiger partial charge in [0.1, 0.15) is 18.2 Å². The molecule has 0 spiro atoms. The summed E-state index contributed by atoms with van der Waals surface area (Å²) in [7, 11) is 1.48. The van der Waals surface area contributed by atoms with Gasteiger partial charge in [0, 0.05) is 10.6 Å². The maximum atomic E-state index is 11.0. The van der Waals surface area contributed by atoms with Crippen LogP contribution < -0.4 is 9.47 Å². The Hall–Kier alpha value is -2.97. The van der Waals surface area contributed by atoms with E-state index in [0.29, 0.717) is 22.1 Å². The van der Waals surface area contributed by atoms with Crippen LogP contribution in [0.25, 0.3) is 6.08 Å². The minimum Gasteiger partial charge on any atom is -0.493 e. The number of carboxylic acids is 1. The smallest absolute Gasteiger partial charge is 0.346 e. The van der Waals surface area contributed by atoms with Crippen molar-refractivity contribution in [3.8, 4) is 17.6 Å². The highest BCUT2D eigenvalue weighted by molar-refractivity contribution is 6.30. The molecule has 122 valence electrons. The molecule has 0 radical (unpaired) electrons. The molecule has 0 amide bonds. The van der Waals surface area contributed by atoms with E-state index in [2.05, 4.69) is 0 Å². The van der Waals surface area contributed by atoms with Gasteiger partial charge in [0.05, 0.1) is 7.11 Å². The van der Waals surface area contributed by atoms with Crippen LogP contribution in [0.2, 0.25) is 5.02 Å². The zero-order chi connectivity index (χ0) is 17.5. The highest BCUT2D eigenvalue weighted by atomic mass is 35.5. The first-order valence-corrected chi connectivity index (χ1v) is 7.32. The maximum Gasteiger partial charge on any atom is 0.346 e. The molecular formula is C18H14ClNO4. The Labute approximate surface area is 144 Å². The second-order valence-corrected chi connectivity index (χ2v) is 5.21. The SMILES string of the molecule is COc1cccc(C=C(C#N)C(=O)O)c1OCc1cccc(Cl)c1. The van der Waals surface area contributed by atoms with Crippen molar-refractivity contribution >= 4 is 23.6 Å². The van der Waals surface area contributed by atoms with E-state index in [9.17, 15) is 4.79 Å². The molecule has 0 aromatic heterocycles. The summed E-state index contributed by atoms with van der Waals surface area (Å²) >= 11 is 5.95. The highest BCUT2D eigenvalue weighted by Gasteiger charge is 2.13. The Balaban J connectivity index is 2.37. The fraction of sp³-hybridized carbons (Fsp3) is 0.111. The summed E-state index contributed by atoms with van der Waals surface area (Å²) < 4.78 is 11.1. The number of halogens is 1. The van der Waals surface area contributed by atoms with Crippen molar-refractivity contribution < 1.29 is 19.4 Å². The van der Waals surface area contributed by atoms with Crippen LogP contribution in [0.15, 0.2) is 48.0 Å². The van der Waals surface area contributed by atoms with E-state index >= 15 is 0 Å². The summed E-state index contributed by atoms with van der Waals surface area (Å²) in [5.74, 6) is -0.511. The van der Waals surface area contributed by atoms with Gasteiger partial charge in [0.2, 0.25) is 0 Å². The number of carboxylic acid groups (broad SMARTS) is 1. The maximum absolute atomic E-state index is 11.0. The second kappa shape index (κ2) is 8.04. The van der Waals surface area contributed by atoms with E-state index in [-0.39, 0.29) is 6.61 Å². The van der Waals surface area contributed by atoms with Crippen LogP contribution in [-0.2, 0) is 11.4 Å². The fourth-order valence-electron chi connectivity index (χ4n) is 2.04. The second-order valence-electron chi connectivity index (χ2n) is 4.77. The van der Waals surface area contributed by atoms with E-state index in [1.807, 2.05) is 12.1 Å². The van der Waals surface area contributed by atoms with Gasteiger partial charge in [-0.2, -0.15) is 5.26 Å². The number of methoxy groups -OCH3 is 1. The van der Waals surface area contributed by atoms with Gasteiger partial charge in [-0.3, -0.25) is 0 Å². The van der Waals surface area contributed by atoms with Gasteiger partial charge >= 0.3 is 5.97 Å². The molecule has 0 heterocycles. The van der Waals surface area contributed by atoms with E-state index in [0.717, 1.165) is 5.56 Å². The number of para-hydroxylation sites is 1. The van der Waals surface area contributed by atoms with Crippen molar-refractivity contribution in [2.45, 2.75) is 6.61 Å². The van der Waals surface area contributed by atoms with Crippen molar-refractivity contribution in [1.82, 2.24) is 0 Å². The van der Waals surface area contributed by atoms with Crippen LogP contribution in [0.4, 0.5) is 0 Å². The highest BCUT2D eigenvalue weighted by Crippen LogP contribution is 2.33. The molecule has 0 aliphatic heterocycles. The van der Waals surface area contributed by atoms with Gasteiger partial charge in [-0.15, -0.1) is 0 Å². The van der Waals surface area contributed by atoms with Crippen LogP contribution in [0.1, 0.15) is 11.1 Å². The van der Waals surface area contributed by atoms with E-state index < -0.39 is 11.5 Å². The Morgan fingerprint density at radius 1 is 1.33 bits per heavy atom. The van der Waals surface area contributed by atoms with Crippen LogP contribution in [0.3, 0.4) is 0 Å². The van der Waals surface area contributed by atoms with Crippen molar-refractivity contribution in [1.29, 1.82) is 5.26 Å². The van der Waals surface area contributed by atoms with Crippen molar-refractivity contribution in [2.24, 2.45) is 0 Å². The predicted molar refractivity (Wildman–Crippen MR) is 90.0 cm³/mol. The number of carbonyl (C=O) groups is 1. The van der Waals surface area contributed by atoms with E-state index in [4.69, 9.17) is 31.4 Å². The van der Waals surface area contributed by atoms with Gasteiger partial charge in [-0.25, -0.2) is 4.79 Å². The topological polar surface area (TPSA) is 79.5 Å². The van der Waals surface area contributed by atoms with Gasteiger partial charge in [-0.1, -0.05) is 35.9 Å². The molecule has 0 saturated heterocycles. The van der Waals surface area contributed by atoms with Crippen molar-refractivity contribution in [3.05, 3.63) is 64.2 Å². The summed E-state index contributed by atoms with van der Waals surface area (Å²) in [4.78, 5) is 11.0.